The summed E-state index contributed by atoms with van der Waals surface area (Å²) < 4.78 is 66.8. The van der Waals surface area contributed by atoms with E-state index in [1.165, 1.54) is 23.6 Å². The number of carbonyl (C=O) groups excluding carboxylic acids is 1. The summed E-state index contributed by atoms with van der Waals surface area (Å²) in [6.45, 7) is 2.82. The van der Waals surface area contributed by atoms with Crippen molar-refractivity contribution in [1.82, 2.24) is 10.3 Å². The summed E-state index contributed by atoms with van der Waals surface area (Å²) in [5.74, 6) is -7.81. The maximum absolute atomic E-state index is 12.8. The topological polar surface area (TPSA) is 51.2 Å². The third-order valence-electron chi connectivity index (χ3n) is 2.28. The summed E-state index contributed by atoms with van der Waals surface area (Å²) in [4.78, 5) is 14.8. The van der Waals surface area contributed by atoms with Crippen LogP contribution < -0.4 is 10.1 Å². The Morgan fingerprint density at radius 1 is 1.33 bits per heavy atom. The number of hydrogen-bond acceptors (Lipinski definition) is 3. The molecule has 0 bridgehead atoms. The van der Waals surface area contributed by atoms with E-state index in [1.54, 1.807) is 13.8 Å². The summed E-state index contributed by atoms with van der Waals surface area (Å²) in [6, 6.07) is 2.84. The minimum atomic E-state index is -5.94. The zero-order valence-corrected chi connectivity index (χ0v) is 11.2. The molecule has 0 aliphatic heterocycles. The molecule has 1 heterocycles. The molecule has 0 aliphatic rings. The van der Waals surface area contributed by atoms with Gasteiger partial charge in [0.25, 0.3) is 0 Å². The van der Waals surface area contributed by atoms with Crippen LogP contribution in [0.5, 0.6) is 5.88 Å². The summed E-state index contributed by atoms with van der Waals surface area (Å²) >= 11 is 0. The van der Waals surface area contributed by atoms with Crippen LogP contribution in [0, 0.1) is 0 Å². The maximum Gasteiger partial charge on any atom is 0.463 e. The van der Waals surface area contributed by atoms with Crippen molar-refractivity contribution in [1.29, 1.82) is 0 Å². The van der Waals surface area contributed by atoms with Gasteiger partial charge in [0.1, 0.15) is 0 Å². The van der Waals surface area contributed by atoms with Gasteiger partial charge >= 0.3 is 18.0 Å². The lowest BCUT2D eigenvalue weighted by Crippen LogP contribution is -2.50. The lowest BCUT2D eigenvalue weighted by Gasteiger charge is -2.19. The molecule has 0 atom stereocenters. The second-order valence-electron chi connectivity index (χ2n) is 4.39. The monoisotopic (exact) mass is 312 g/mol. The second-order valence-corrected chi connectivity index (χ2v) is 4.39. The van der Waals surface area contributed by atoms with E-state index in [2.05, 4.69) is 4.98 Å². The van der Waals surface area contributed by atoms with Gasteiger partial charge < -0.3 is 10.1 Å². The zero-order valence-electron chi connectivity index (χ0n) is 11.2. The normalized spacial score (nSPS) is 12.4. The largest absolute Gasteiger partial charge is 0.475 e. The van der Waals surface area contributed by atoms with Crippen LogP contribution in [0.25, 0.3) is 0 Å². The molecule has 118 valence electrons. The van der Waals surface area contributed by atoms with Gasteiger partial charge in [-0.05, 0) is 19.9 Å². The highest BCUT2D eigenvalue weighted by Crippen LogP contribution is 2.35. The van der Waals surface area contributed by atoms with Crippen LogP contribution >= 0.6 is 0 Å². The van der Waals surface area contributed by atoms with Crippen LogP contribution in [0.4, 0.5) is 22.0 Å². The molecule has 1 aromatic heterocycles. The Morgan fingerprint density at radius 3 is 2.48 bits per heavy atom. The fraction of sp³-hybridized carbons (Fsp3) is 0.500. The van der Waals surface area contributed by atoms with E-state index in [9.17, 15) is 26.7 Å². The Kier molecular flexibility index (Phi) is 5.08. The number of carbonyl (C=O) groups is 1. The molecule has 0 saturated heterocycles. The van der Waals surface area contributed by atoms with Gasteiger partial charge in [-0.15, -0.1) is 0 Å². The standard InChI is InChI=1S/C12H13F5N2O2/c1-7(2)21-9-8(4-3-5-18-9)6-19-10(20)11(13,14)12(15,16)17/h3-5,7H,6H2,1-2H3,(H,19,20). The number of nitrogens with one attached hydrogen (secondary N) is 1. The molecule has 0 radical (unpaired) electrons. The van der Waals surface area contributed by atoms with Crippen molar-refractivity contribution in [2.45, 2.75) is 38.6 Å². The molecule has 21 heavy (non-hydrogen) atoms. The summed E-state index contributed by atoms with van der Waals surface area (Å²) in [5, 5.41) is 1.53. The first-order valence-electron chi connectivity index (χ1n) is 5.89. The van der Waals surface area contributed by atoms with Crippen LogP contribution in [0.2, 0.25) is 0 Å². The lowest BCUT2D eigenvalue weighted by molar-refractivity contribution is -0.269. The van der Waals surface area contributed by atoms with Gasteiger partial charge in [-0.1, -0.05) is 6.07 Å². The highest BCUT2D eigenvalue weighted by molar-refractivity contribution is 5.84. The van der Waals surface area contributed by atoms with Gasteiger partial charge in [0.15, 0.2) is 0 Å². The Bertz CT molecular complexity index is 503. The van der Waals surface area contributed by atoms with Gasteiger partial charge in [0.05, 0.1) is 6.10 Å². The molecule has 1 aromatic rings. The van der Waals surface area contributed by atoms with Gasteiger partial charge in [-0.3, -0.25) is 4.79 Å². The highest BCUT2D eigenvalue weighted by Gasteiger charge is 2.63. The third-order valence-corrected chi connectivity index (χ3v) is 2.28. The first kappa shape index (κ1) is 17.1. The minimum absolute atomic E-state index is 0.0584. The summed E-state index contributed by atoms with van der Waals surface area (Å²) in [5.41, 5.74) is 0.192. The van der Waals surface area contributed by atoms with Crippen molar-refractivity contribution in [3.8, 4) is 5.88 Å². The number of halogens is 5. The Balaban J connectivity index is 2.78. The number of aromatic nitrogens is 1. The van der Waals surface area contributed by atoms with Crippen LogP contribution in [0.1, 0.15) is 19.4 Å². The van der Waals surface area contributed by atoms with E-state index >= 15 is 0 Å². The van der Waals surface area contributed by atoms with Crippen molar-refractivity contribution in [3.05, 3.63) is 23.9 Å². The van der Waals surface area contributed by atoms with Gasteiger partial charge in [-0.2, -0.15) is 22.0 Å². The average molecular weight is 312 g/mol. The van der Waals surface area contributed by atoms with Crippen LogP contribution in [-0.4, -0.2) is 29.1 Å². The molecule has 1 rings (SSSR count). The average Bonchev–Trinajstić information content (AvgIpc) is 2.35. The molecule has 1 amide bonds. The van der Waals surface area contributed by atoms with E-state index in [0.717, 1.165) is 0 Å². The SMILES string of the molecule is CC(C)Oc1ncccc1CNC(=O)C(F)(F)C(F)(F)F. The molecule has 0 aromatic carbocycles. The van der Waals surface area contributed by atoms with Crippen molar-refractivity contribution in [2.75, 3.05) is 0 Å². The van der Waals surface area contributed by atoms with E-state index in [1.807, 2.05) is 0 Å². The molecule has 4 nitrogen and oxygen atoms in total. The smallest absolute Gasteiger partial charge is 0.463 e. The van der Waals surface area contributed by atoms with Gasteiger partial charge in [0, 0.05) is 18.3 Å². The number of pyridine rings is 1. The molecule has 0 saturated carbocycles. The lowest BCUT2D eigenvalue weighted by atomic mass is 10.2. The minimum Gasteiger partial charge on any atom is -0.475 e. The number of alkyl halides is 5. The van der Waals surface area contributed by atoms with Crippen LogP contribution in [0.15, 0.2) is 18.3 Å². The Morgan fingerprint density at radius 2 is 1.95 bits per heavy atom. The quantitative estimate of drug-likeness (QED) is 0.851. The maximum atomic E-state index is 12.8. The zero-order chi connectivity index (χ0) is 16.3. The molecule has 0 aliphatic carbocycles. The van der Waals surface area contributed by atoms with E-state index in [4.69, 9.17) is 4.74 Å². The third kappa shape index (κ3) is 4.27. The fourth-order valence-electron chi connectivity index (χ4n) is 1.30. The number of amides is 1. The molecule has 0 spiro atoms. The summed E-state index contributed by atoms with van der Waals surface area (Å²) in [7, 11) is 0. The van der Waals surface area contributed by atoms with Crippen LogP contribution in [0.3, 0.4) is 0 Å². The molecule has 9 heteroatoms. The first-order valence-corrected chi connectivity index (χ1v) is 5.89. The molecule has 0 fully saturated rings. The van der Waals surface area contributed by atoms with Crippen molar-refractivity contribution >= 4 is 5.91 Å². The molecule has 0 unspecified atom stereocenters. The Hall–Kier alpha value is -1.93. The van der Waals surface area contributed by atoms with Crippen molar-refractivity contribution in [3.63, 3.8) is 0 Å². The molecular formula is C12H13F5N2O2. The number of ether oxygens (including phenoxy) is 1. The van der Waals surface area contributed by atoms with Crippen LogP contribution in [-0.2, 0) is 11.3 Å². The highest BCUT2D eigenvalue weighted by atomic mass is 19.4. The van der Waals surface area contributed by atoms with E-state index < -0.39 is 24.6 Å². The van der Waals surface area contributed by atoms with Gasteiger partial charge in [-0.25, -0.2) is 4.98 Å². The summed E-state index contributed by atoms with van der Waals surface area (Å²) in [6.07, 6.45) is -4.85. The Labute approximate surface area is 117 Å². The molecular weight excluding hydrogens is 299 g/mol. The predicted octanol–water partition coefficient (Wildman–Crippen LogP) is 2.68. The van der Waals surface area contributed by atoms with E-state index in [0.29, 0.717) is 0 Å². The first-order chi connectivity index (χ1) is 9.55. The van der Waals surface area contributed by atoms with Crippen molar-refractivity contribution in [2.24, 2.45) is 0 Å². The number of hydrogen-bond donors (Lipinski definition) is 1. The van der Waals surface area contributed by atoms with Gasteiger partial charge in [0.2, 0.25) is 5.88 Å². The van der Waals surface area contributed by atoms with Crippen molar-refractivity contribution < 1.29 is 31.5 Å². The number of rotatable bonds is 5. The number of nitrogens with zero attached hydrogens (tertiary/aromatic N) is 1. The molecule has 1 N–H and O–H groups in total. The predicted molar refractivity (Wildman–Crippen MR) is 62.8 cm³/mol. The van der Waals surface area contributed by atoms with E-state index in [-0.39, 0.29) is 17.5 Å². The second kappa shape index (κ2) is 6.23. The fourth-order valence-corrected chi connectivity index (χ4v) is 1.30.